The van der Waals surface area contributed by atoms with Crippen LogP contribution in [-0.2, 0) is 6.42 Å². The zero-order valence-electron chi connectivity index (χ0n) is 8.03. The number of halogens is 1. The molecule has 3 nitrogen and oxygen atoms in total. The van der Waals surface area contributed by atoms with Crippen LogP contribution in [0.2, 0.25) is 0 Å². The van der Waals surface area contributed by atoms with Crippen molar-refractivity contribution < 1.29 is 14.2 Å². The van der Waals surface area contributed by atoms with Gasteiger partial charge in [0.15, 0.2) is 11.6 Å². The van der Waals surface area contributed by atoms with Gasteiger partial charge in [0.25, 0.3) is 0 Å². The van der Waals surface area contributed by atoms with Gasteiger partial charge in [-0.1, -0.05) is 12.1 Å². The molecule has 0 aliphatic heterocycles. The lowest BCUT2D eigenvalue weighted by Gasteiger charge is -2.12. The summed E-state index contributed by atoms with van der Waals surface area (Å²) in [5, 5.41) is 8.77. The van der Waals surface area contributed by atoms with Crippen molar-refractivity contribution in [3.05, 3.63) is 29.6 Å². The fourth-order valence-electron chi connectivity index (χ4n) is 1.29. The van der Waals surface area contributed by atoms with Crippen molar-refractivity contribution in [1.82, 2.24) is 0 Å². The van der Waals surface area contributed by atoms with Crippen molar-refractivity contribution in [3.8, 4) is 5.75 Å². The van der Waals surface area contributed by atoms with Crippen molar-refractivity contribution >= 4 is 0 Å². The molecular weight excluding hydrogens is 185 g/mol. The molecule has 4 heteroatoms. The lowest BCUT2D eigenvalue weighted by molar-refractivity contribution is 0.264. The van der Waals surface area contributed by atoms with Gasteiger partial charge in [-0.2, -0.15) is 0 Å². The molecule has 0 bridgehead atoms. The molecule has 0 aliphatic rings. The van der Waals surface area contributed by atoms with Crippen LogP contribution >= 0.6 is 0 Å². The normalized spacial score (nSPS) is 12.6. The van der Waals surface area contributed by atoms with Gasteiger partial charge in [0.2, 0.25) is 0 Å². The Hall–Kier alpha value is -1.13. The fourth-order valence-corrected chi connectivity index (χ4v) is 1.29. The SMILES string of the molecule is COc1c(F)cccc1CC(N)CO. The van der Waals surface area contributed by atoms with Gasteiger partial charge in [0, 0.05) is 6.04 Å². The average molecular weight is 199 g/mol. The van der Waals surface area contributed by atoms with Crippen LogP contribution in [0, 0.1) is 5.82 Å². The molecule has 0 amide bonds. The van der Waals surface area contributed by atoms with E-state index in [0.29, 0.717) is 12.0 Å². The third-order valence-corrected chi connectivity index (χ3v) is 1.97. The molecule has 0 radical (unpaired) electrons. The van der Waals surface area contributed by atoms with Crippen molar-refractivity contribution in [2.24, 2.45) is 5.73 Å². The molecule has 1 atom stereocenters. The first-order valence-electron chi connectivity index (χ1n) is 4.36. The highest BCUT2D eigenvalue weighted by Gasteiger charge is 2.11. The monoisotopic (exact) mass is 199 g/mol. The smallest absolute Gasteiger partial charge is 0.165 e. The number of aliphatic hydroxyl groups is 1. The number of benzene rings is 1. The highest BCUT2D eigenvalue weighted by Crippen LogP contribution is 2.22. The molecule has 0 heterocycles. The van der Waals surface area contributed by atoms with Crippen molar-refractivity contribution in [1.29, 1.82) is 0 Å². The van der Waals surface area contributed by atoms with E-state index >= 15 is 0 Å². The summed E-state index contributed by atoms with van der Waals surface area (Å²) in [6.07, 6.45) is 0.400. The molecule has 0 aromatic heterocycles. The quantitative estimate of drug-likeness (QED) is 0.750. The molecule has 0 aliphatic carbocycles. The van der Waals surface area contributed by atoms with Crippen LogP contribution in [0.4, 0.5) is 4.39 Å². The Labute approximate surface area is 82.3 Å². The molecule has 0 fully saturated rings. The summed E-state index contributed by atoms with van der Waals surface area (Å²) in [6.45, 7) is -0.125. The number of aliphatic hydroxyl groups excluding tert-OH is 1. The molecule has 1 rings (SSSR count). The number of rotatable bonds is 4. The van der Waals surface area contributed by atoms with Crippen LogP contribution in [-0.4, -0.2) is 24.9 Å². The second-order valence-corrected chi connectivity index (χ2v) is 3.08. The van der Waals surface area contributed by atoms with Gasteiger partial charge in [-0.15, -0.1) is 0 Å². The summed E-state index contributed by atoms with van der Waals surface area (Å²) < 4.78 is 18.1. The lowest BCUT2D eigenvalue weighted by Crippen LogP contribution is -2.27. The predicted octanol–water partition coefficient (Wildman–Crippen LogP) is 0.696. The Balaban J connectivity index is 2.90. The Kier molecular flexibility index (Phi) is 3.85. The number of hydrogen-bond donors (Lipinski definition) is 2. The van der Waals surface area contributed by atoms with Crippen LogP contribution in [0.5, 0.6) is 5.75 Å². The largest absolute Gasteiger partial charge is 0.493 e. The van der Waals surface area contributed by atoms with Crippen molar-refractivity contribution in [2.75, 3.05) is 13.7 Å². The first kappa shape index (κ1) is 10.9. The maximum absolute atomic E-state index is 13.2. The standard InChI is InChI=1S/C10H14FNO2/c1-14-10-7(5-8(12)6-13)3-2-4-9(10)11/h2-4,8,13H,5-6,12H2,1H3. The summed E-state index contributed by atoms with van der Waals surface area (Å²) >= 11 is 0. The fraction of sp³-hybridized carbons (Fsp3) is 0.400. The Bertz CT molecular complexity index is 304. The summed E-state index contributed by atoms with van der Waals surface area (Å²) in [7, 11) is 1.41. The third kappa shape index (κ3) is 2.43. The summed E-state index contributed by atoms with van der Waals surface area (Å²) in [5.41, 5.74) is 6.23. The molecule has 3 N–H and O–H groups in total. The number of ether oxygens (including phenoxy) is 1. The Morgan fingerprint density at radius 2 is 2.29 bits per heavy atom. The predicted molar refractivity (Wildman–Crippen MR) is 51.7 cm³/mol. The van der Waals surface area contributed by atoms with Gasteiger partial charge < -0.3 is 15.6 Å². The molecular formula is C10H14FNO2. The van der Waals surface area contributed by atoms with E-state index in [-0.39, 0.29) is 18.4 Å². The van der Waals surface area contributed by atoms with Crippen LogP contribution in [0.15, 0.2) is 18.2 Å². The van der Waals surface area contributed by atoms with Crippen LogP contribution in [0.25, 0.3) is 0 Å². The minimum atomic E-state index is -0.407. The van der Waals surface area contributed by atoms with Gasteiger partial charge in [0.1, 0.15) is 0 Å². The molecule has 0 saturated carbocycles. The zero-order valence-corrected chi connectivity index (χ0v) is 8.03. The zero-order chi connectivity index (χ0) is 10.6. The molecule has 1 aromatic rings. The average Bonchev–Trinajstić information content (AvgIpc) is 2.18. The minimum Gasteiger partial charge on any atom is -0.493 e. The van der Waals surface area contributed by atoms with E-state index in [0.717, 1.165) is 0 Å². The van der Waals surface area contributed by atoms with Crippen LogP contribution < -0.4 is 10.5 Å². The second kappa shape index (κ2) is 4.93. The van der Waals surface area contributed by atoms with Gasteiger partial charge >= 0.3 is 0 Å². The number of nitrogens with two attached hydrogens (primary N) is 1. The number of hydrogen-bond acceptors (Lipinski definition) is 3. The summed E-state index contributed by atoms with van der Waals surface area (Å²) in [4.78, 5) is 0. The third-order valence-electron chi connectivity index (χ3n) is 1.97. The molecule has 78 valence electrons. The second-order valence-electron chi connectivity index (χ2n) is 3.08. The van der Waals surface area contributed by atoms with Crippen molar-refractivity contribution in [2.45, 2.75) is 12.5 Å². The molecule has 0 spiro atoms. The van der Waals surface area contributed by atoms with Gasteiger partial charge in [-0.05, 0) is 18.1 Å². The van der Waals surface area contributed by atoms with Gasteiger partial charge in [-0.25, -0.2) is 4.39 Å². The van der Waals surface area contributed by atoms with E-state index < -0.39 is 5.82 Å². The first-order chi connectivity index (χ1) is 6.69. The van der Waals surface area contributed by atoms with Crippen LogP contribution in [0.1, 0.15) is 5.56 Å². The number of methoxy groups -OCH3 is 1. The van der Waals surface area contributed by atoms with Crippen LogP contribution in [0.3, 0.4) is 0 Å². The maximum atomic E-state index is 13.2. The topological polar surface area (TPSA) is 55.5 Å². The maximum Gasteiger partial charge on any atom is 0.165 e. The Morgan fingerprint density at radius 1 is 1.57 bits per heavy atom. The molecule has 14 heavy (non-hydrogen) atoms. The highest BCUT2D eigenvalue weighted by molar-refractivity contribution is 5.35. The highest BCUT2D eigenvalue weighted by atomic mass is 19.1. The molecule has 0 saturated heterocycles. The first-order valence-corrected chi connectivity index (χ1v) is 4.36. The number of para-hydroxylation sites is 1. The molecule has 1 unspecified atom stereocenters. The summed E-state index contributed by atoms with van der Waals surface area (Å²) in [6, 6.07) is 4.27. The van der Waals surface area contributed by atoms with Gasteiger partial charge in [0.05, 0.1) is 13.7 Å². The Morgan fingerprint density at radius 3 is 2.86 bits per heavy atom. The van der Waals surface area contributed by atoms with E-state index in [1.807, 2.05) is 0 Å². The van der Waals surface area contributed by atoms with E-state index in [1.165, 1.54) is 13.2 Å². The molecule has 1 aromatic carbocycles. The van der Waals surface area contributed by atoms with E-state index in [9.17, 15) is 4.39 Å². The summed E-state index contributed by atoms with van der Waals surface area (Å²) in [5.74, 6) is -0.202. The van der Waals surface area contributed by atoms with E-state index in [4.69, 9.17) is 15.6 Å². The lowest BCUT2D eigenvalue weighted by atomic mass is 10.1. The van der Waals surface area contributed by atoms with Crippen molar-refractivity contribution in [3.63, 3.8) is 0 Å². The minimum absolute atomic E-state index is 0.125. The van der Waals surface area contributed by atoms with E-state index in [1.54, 1.807) is 12.1 Å². The van der Waals surface area contributed by atoms with Gasteiger partial charge in [-0.3, -0.25) is 0 Å². The van der Waals surface area contributed by atoms with E-state index in [2.05, 4.69) is 0 Å².